The molecule has 1 N–H and O–H groups in total. The molecule has 0 unspecified atom stereocenters. The third kappa shape index (κ3) is 4.23. The lowest BCUT2D eigenvalue weighted by molar-refractivity contribution is -0.143. The van der Waals surface area contributed by atoms with E-state index >= 15 is 0 Å². The average molecular weight is 481 g/mol. The molecule has 0 bridgehead atoms. The Kier molecular flexibility index (Phi) is 5.42. The Balaban J connectivity index is 1.14. The monoisotopic (exact) mass is 480 g/mol. The van der Waals surface area contributed by atoms with Crippen LogP contribution < -0.4 is 9.47 Å². The van der Waals surface area contributed by atoms with Crippen LogP contribution >= 0.6 is 0 Å². The van der Waals surface area contributed by atoms with Gasteiger partial charge in [-0.2, -0.15) is 4.98 Å². The molecule has 3 saturated carbocycles. The second kappa shape index (κ2) is 8.62. The van der Waals surface area contributed by atoms with E-state index in [2.05, 4.69) is 20.5 Å². The van der Waals surface area contributed by atoms with Crippen LogP contribution in [0.4, 0.5) is 0 Å². The molecule has 11 heteroatoms. The number of rotatable bonds is 8. The molecule has 35 heavy (non-hydrogen) atoms. The van der Waals surface area contributed by atoms with Gasteiger partial charge in [0, 0.05) is 13.0 Å². The predicted octanol–water partition coefficient (Wildman–Crippen LogP) is 3.29. The second-order valence-electron chi connectivity index (χ2n) is 9.92. The number of fused-ring (bicyclic) bond motifs is 1. The molecule has 3 aromatic rings. The van der Waals surface area contributed by atoms with Crippen molar-refractivity contribution >= 4 is 5.97 Å². The van der Waals surface area contributed by atoms with Gasteiger partial charge < -0.3 is 19.1 Å². The molecule has 0 aromatic carbocycles. The first kappa shape index (κ1) is 22.0. The molecule has 3 heterocycles. The molecular formula is C24H28N6O5. The molecule has 6 rings (SSSR count). The van der Waals surface area contributed by atoms with E-state index in [-0.39, 0.29) is 30.6 Å². The first-order valence-corrected chi connectivity index (χ1v) is 12.2. The fraction of sp³-hybridized carbons (Fsp3) is 0.583. The number of carboxylic acid groups (broad SMARTS) is 1. The molecule has 3 aromatic heterocycles. The lowest BCUT2D eigenvalue weighted by atomic mass is 9.92. The van der Waals surface area contributed by atoms with E-state index in [1.54, 1.807) is 11.7 Å². The van der Waals surface area contributed by atoms with Crippen LogP contribution in [0.15, 0.2) is 16.7 Å². The minimum absolute atomic E-state index is 0.0227. The summed E-state index contributed by atoms with van der Waals surface area (Å²) < 4.78 is 18.9. The van der Waals surface area contributed by atoms with Gasteiger partial charge in [0.1, 0.15) is 23.7 Å². The van der Waals surface area contributed by atoms with Crippen LogP contribution in [0.2, 0.25) is 0 Å². The lowest BCUT2D eigenvalue weighted by Crippen LogP contribution is -2.21. The van der Waals surface area contributed by atoms with Crippen LogP contribution in [0.3, 0.4) is 0 Å². The van der Waals surface area contributed by atoms with Gasteiger partial charge in [0.25, 0.3) is 0 Å². The highest BCUT2D eigenvalue weighted by Crippen LogP contribution is 2.48. The molecule has 0 saturated heterocycles. The molecule has 0 aliphatic heterocycles. The Morgan fingerprint density at radius 3 is 2.83 bits per heavy atom. The summed E-state index contributed by atoms with van der Waals surface area (Å²) in [5.41, 5.74) is 2.78. The Morgan fingerprint density at radius 2 is 2.06 bits per heavy atom. The summed E-state index contributed by atoms with van der Waals surface area (Å²) in [6.07, 6.45) is 5.62. The molecule has 0 spiro atoms. The SMILES string of the molecule is Cc1nc(-c2nnn(C)c2COc2noc(C3CC3)n2)ccc1O[C@H]1C[C@H]2CC[C@H](C(=O)O)[C@H]2C1. The van der Waals surface area contributed by atoms with Crippen molar-refractivity contribution in [1.29, 1.82) is 0 Å². The fourth-order valence-electron chi connectivity index (χ4n) is 5.57. The van der Waals surface area contributed by atoms with Gasteiger partial charge in [0.05, 0.1) is 23.4 Å². The van der Waals surface area contributed by atoms with Gasteiger partial charge >= 0.3 is 12.0 Å². The normalized spacial score (nSPS) is 25.5. The van der Waals surface area contributed by atoms with E-state index in [0.29, 0.717) is 34.9 Å². The van der Waals surface area contributed by atoms with Crippen LogP contribution in [-0.2, 0) is 18.4 Å². The van der Waals surface area contributed by atoms with E-state index in [4.69, 9.17) is 19.0 Å². The maximum absolute atomic E-state index is 11.5. The van der Waals surface area contributed by atoms with Gasteiger partial charge in [0.15, 0.2) is 0 Å². The van der Waals surface area contributed by atoms with Gasteiger partial charge in [-0.3, -0.25) is 4.79 Å². The summed E-state index contributed by atoms with van der Waals surface area (Å²) in [5, 5.41) is 21.8. The number of nitrogens with zero attached hydrogens (tertiary/aromatic N) is 6. The van der Waals surface area contributed by atoms with Gasteiger partial charge in [-0.25, -0.2) is 9.67 Å². The lowest BCUT2D eigenvalue weighted by Gasteiger charge is -2.18. The highest BCUT2D eigenvalue weighted by molar-refractivity contribution is 5.71. The zero-order valence-corrected chi connectivity index (χ0v) is 19.8. The minimum Gasteiger partial charge on any atom is -0.489 e. The van der Waals surface area contributed by atoms with Crippen molar-refractivity contribution < 1.29 is 23.9 Å². The number of carboxylic acids is 1. The summed E-state index contributed by atoms with van der Waals surface area (Å²) in [5.74, 6) is 1.45. The van der Waals surface area contributed by atoms with E-state index < -0.39 is 5.97 Å². The number of ether oxygens (including phenoxy) is 2. The van der Waals surface area contributed by atoms with Crippen LogP contribution in [0, 0.1) is 24.7 Å². The largest absolute Gasteiger partial charge is 0.489 e. The molecule has 3 aliphatic carbocycles. The summed E-state index contributed by atoms with van der Waals surface area (Å²) in [6, 6.07) is 3.98. The zero-order chi connectivity index (χ0) is 24.1. The first-order chi connectivity index (χ1) is 17.0. The summed E-state index contributed by atoms with van der Waals surface area (Å²) >= 11 is 0. The molecular weight excluding hydrogens is 452 g/mol. The van der Waals surface area contributed by atoms with E-state index in [0.717, 1.165) is 49.9 Å². The minimum atomic E-state index is -0.674. The maximum atomic E-state index is 11.5. The van der Waals surface area contributed by atoms with Crippen LogP contribution in [-0.4, -0.2) is 47.3 Å². The Bertz CT molecular complexity index is 1250. The van der Waals surface area contributed by atoms with Gasteiger partial charge in [0.2, 0.25) is 5.89 Å². The van der Waals surface area contributed by atoms with Crippen molar-refractivity contribution in [3.05, 3.63) is 29.4 Å². The number of pyridine rings is 1. The molecule has 0 amide bonds. The highest BCUT2D eigenvalue weighted by atomic mass is 16.6. The topological polar surface area (TPSA) is 138 Å². The summed E-state index contributed by atoms with van der Waals surface area (Å²) in [7, 11) is 1.80. The number of carbonyl (C=O) groups is 1. The summed E-state index contributed by atoms with van der Waals surface area (Å²) in [4.78, 5) is 20.6. The summed E-state index contributed by atoms with van der Waals surface area (Å²) in [6.45, 7) is 2.08. The predicted molar refractivity (Wildman–Crippen MR) is 121 cm³/mol. The average Bonchev–Trinajstić information content (AvgIpc) is 3.12. The van der Waals surface area contributed by atoms with Crippen molar-refractivity contribution in [3.63, 3.8) is 0 Å². The third-order valence-corrected chi connectivity index (χ3v) is 7.59. The number of aromatic nitrogens is 6. The standard InChI is InChI=1S/C24H28N6O5/c1-12-20(34-15-9-14-5-6-16(23(31)32)17(14)10-15)8-7-18(25-12)21-19(30(2)29-27-21)11-33-24-26-22(35-28-24)13-3-4-13/h7-8,13-17H,3-6,9-11H2,1-2H3,(H,31,32)/t14-,15+,16+,17+/m1/s1. The highest BCUT2D eigenvalue weighted by Gasteiger charge is 2.47. The van der Waals surface area contributed by atoms with Crippen LogP contribution in [0.1, 0.15) is 61.7 Å². The second-order valence-corrected chi connectivity index (χ2v) is 9.92. The number of hydrogen-bond donors (Lipinski definition) is 1. The Morgan fingerprint density at radius 1 is 1.20 bits per heavy atom. The Labute approximate surface area is 201 Å². The van der Waals surface area contributed by atoms with E-state index in [9.17, 15) is 9.90 Å². The maximum Gasteiger partial charge on any atom is 0.354 e. The van der Waals surface area contributed by atoms with Gasteiger partial charge in [-0.15, -0.1) is 5.10 Å². The molecule has 11 nitrogen and oxygen atoms in total. The van der Waals surface area contributed by atoms with Gasteiger partial charge in [-0.05, 0) is 74.6 Å². The third-order valence-electron chi connectivity index (χ3n) is 7.59. The van der Waals surface area contributed by atoms with Crippen molar-refractivity contribution in [2.75, 3.05) is 0 Å². The van der Waals surface area contributed by atoms with Crippen molar-refractivity contribution in [3.8, 4) is 23.1 Å². The molecule has 184 valence electrons. The first-order valence-electron chi connectivity index (χ1n) is 12.2. The van der Waals surface area contributed by atoms with Crippen LogP contribution in [0.25, 0.3) is 11.4 Å². The fourth-order valence-corrected chi connectivity index (χ4v) is 5.57. The molecule has 0 radical (unpaired) electrons. The molecule has 3 aliphatic rings. The number of aryl methyl sites for hydroxylation is 2. The van der Waals surface area contributed by atoms with E-state index in [1.165, 1.54) is 0 Å². The smallest absolute Gasteiger partial charge is 0.354 e. The van der Waals surface area contributed by atoms with Crippen LogP contribution in [0.5, 0.6) is 11.8 Å². The zero-order valence-electron chi connectivity index (χ0n) is 19.8. The number of aliphatic carboxylic acids is 1. The van der Waals surface area contributed by atoms with Crippen molar-refractivity contribution in [2.45, 2.75) is 64.1 Å². The molecule has 4 atom stereocenters. The van der Waals surface area contributed by atoms with E-state index in [1.807, 2.05) is 19.1 Å². The van der Waals surface area contributed by atoms with Crippen molar-refractivity contribution in [1.82, 2.24) is 30.1 Å². The van der Waals surface area contributed by atoms with Crippen molar-refractivity contribution in [2.24, 2.45) is 24.8 Å². The molecule has 3 fully saturated rings. The quantitative estimate of drug-likeness (QED) is 0.511. The van der Waals surface area contributed by atoms with Gasteiger partial charge in [-0.1, -0.05) is 5.21 Å². The Hall–Kier alpha value is -3.50. The number of hydrogen-bond acceptors (Lipinski definition) is 9.